The summed E-state index contributed by atoms with van der Waals surface area (Å²) in [7, 11) is 0. The number of aromatic nitrogens is 4. The van der Waals surface area contributed by atoms with Crippen molar-refractivity contribution >= 4 is 11.9 Å². The van der Waals surface area contributed by atoms with Crippen LogP contribution in [0.4, 0.5) is 5.95 Å². The Bertz CT molecular complexity index is 1070. The quantitative estimate of drug-likeness (QED) is 0.643. The number of nitrogens with one attached hydrogen (secondary N) is 2. The van der Waals surface area contributed by atoms with Gasteiger partial charge in [-0.15, -0.1) is 0 Å². The Balaban J connectivity index is 1.20. The van der Waals surface area contributed by atoms with E-state index in [-0.39, 0.29) is 11.9 Å². The monoisotopic (exact) mass is 432 g/mol. The van der Waals surface area contributed by atoms with E-state index in [0.717, 1.165) is 61.9 Å². The molecule has 0 spiro atoms. The zero-order valence-electron chi connectivity index (χ0n) is 18.3. The molecule has 8 nitrogen and oxygen atoms in total. The summed E-state index contributed by atoms with van der Waals surface area (Å²) in [5.41, 5.74) is 4.50. The maximum absolute atomic E-state index is 12.8. The lowest BCUT2D eigenvalue weighted by molar-refractivity contribution is 0.0845. The molecule has 1 amide bonds. The zero-order valence-corrected chi connectivity index (χ0v) is 18.3. The van der Waals surface area contributed by atoms with Crippen LogP contribution in [0.15, 0.2) is 42.6 Å². The van der Waals surface area contributed by atoms with Crippen molar-refractivity contribution < 1.29 is 9.53 Å². The topological polar surface area (TPSA) is 96.0 Å². The van der Waals surface area contributed by atoms with Gasteiger partial charge in [0.05, 0.1) is 5.69 Å². The van der Waals surface area contributed by atoms with Gasteiger partial charge in [-0.3, -0.25) is 9.89 Å². The Kier molecular flexibility index (Phi) is 5.85. The van der Waals surface area contributed by atoms with Gasteiger partial charge in [-0.25, -0.2) is 9.97 Å². The van der Waals surface area contributed by atoms with Crippen molar-refractivity contribution in [3.63, 3.8) is 0 Å². The standard InChI is InChI=1S/C24H28N6O2/c1-16-2-4-17(5-3-16)21-14-22(29-28-21)23(31)26-19-7-11-30(15-19)24-25-10-6-20(27-24)18-8-12-32-13-9-18/h2-6,10,14,18-19H,7-9,11-13,15H2,1H3,(H,26,31)(H,28,29). The molecule has 1 unspecified atom stereocenters. The number of aryl methyl sites for hydroxylation is 1. The van der Waals surface area contributed by atoms with Crippen LogP contribution in [0.3, 0.4) is 0 Å². The van der Waals surface area contributed by atoms with Crippen LogP contribution in [0.25, 0.3) is 11.3 Å². The normalized spacial score (nSPS) is 19.3. The van der Waals surface area contributed by atoms with Gasteiger partial charge in [-0.2, -0.15) is 5.10 Å². The van der Waals surface area contributed by atoms with Crippen LogP contribution < -0.4 is 10.2 Å². The minimum absolute atomic E-state index is 0.0453. The lowest BCUT2D eigenvalue weighted by Crippen LogP contribution is -2.37. The Morgan fingerprint density at radius 1 is 1.16 bits per heavy atom. The van der Waals surface area contributed by atoms with Gasteiger partial charge in [0.1, 0.15) is 5.69 Å². The molecule has 0 aliphatic carbocycles. The molecule has 1 aromatic carbocycles. The molecule has 2 aliphatic rings. The van der Waals surface area contributed by atoms with Gasteiger partial charge in [0.2, 0.25) is 5.95 Å². The third kappa shape index (κ3) is 4.50. The van der Waals surface area contributed by atoms with Crippen molar-refractivity contribution in [1.29, 1.82) is 0 Å². The number of H-pyrrole nitrogens is 1. The number of carbonyl (C=O) groups excluding carboxylic acids is 1. The second kappa shape index (κ2) is 9.08. The van der Waals surface area contributed by atoms with E-state index < -0.39 is 0 Å². The van der Waals surface area contributed by atoms with Crippen LogP contribution in [0.5, 0.6) is 0 Å². The molecule has 8 heteroatoms. The van der Waals surface area contributed by atoms with E-state index in [1.54, 1.807) is 6.07 Å². The summed E-state index contributed by atoms with van der Waals surface area (Å²) in [5, 5.41) is 10.3. The number of hydrogen-bond donors (Lipinski definition) is 2. The van der Waals surface area contributed by atoms with Crippen molar-refractivity contribution in [2.24, 2.45) is 0 Å². The van der Waals surface area contributed by atoms with E-state index in [0.29, 0.717) is 18.2 Å². The van der Waals surface area contributed by atoms with Gasteiger partial charge >= 0.3 is 0 Å². The highest BCUT2D eigenvalue weighted by Gasteiger charge is 2.27. The van der Waals surface area contributed by atoms with Crippen molar-refractivity contribution in [1.82, 2.24) is 25.5 Å². The summed E-state index contributed by atoms with van der Waals surface area (Å²) in [4.78, 5) is 24.2. The van der Waals surface area contributed by atoms with Crippen LogP contribution in [-0.4, -0.2) is 58.4 Å². The third-order valence-corrected chi connectivity index (χ3v) is 6.28. The van der Waals surface area contributed by atoms with E-state index >= 15 is 0 Å². The summed E-state index contributed by atoms with van der Waals surface area (Å²) >= 11 is 0. The number of anilines is 1. The highest BCUT2D eigenvalue weighted by atomic mass is 16.5. The van der Waals surface area contributed by atoms with Crippen molar-refractivity contribution in [2.75, 3.05) is 31.2 Å². The SMILES string of the molecule is Cc1ccc(-c2cc(C(=O)NC3CCN(c4nccc(C5CCOCC5)n4)C3)[nH]n2)cc1. The molecule has 0 saturated carbocycles. The third-order valence-electron chi connectivity index (χ3n) is 6.28. The Hall–Kier alpha value is -3.26. The van der Waals surface area contributed by atoms with Crippen LogP contribution in [-0.2, 0) is 4.74 Å². The number of amides is 1. The number of rotatable bonds is 5. The molecule has 0 radical (unpaired) electrons. The number of ether oxygens (including phenoxy) is 1. The molecule has 0 bridgehead atoms. The Morgan fingerprint density at radius 3 is 2.78 bits per heavy atom. The molecule has 1 atom stereocenters. The molecule has 2 saturated heterocycles. The minimum Gasteiger partial charge on any atom is -0.381 e. The number of benzene rings is 1. The van der Waals surface area contributed by atoms with Gasteiger partial charge < -0.3 is 15.0 Å². The molecule has 2 N–H and O–H groups in total. The molecule has 3 aromatic rings. The Labute approximate surface area is 187 Å². The maximum atomic E-state index is 12.8. The van der Waals surface area contributed by atoms with Crippen LogP contribution in [0.2, 0.25) is 0 Å². The predicted molar refractivity (Wildman–Crippen MR) is 122 cm³/mol. The average Bonchev–Trinajstić information content (AvgIpc) is 3.51. The molecular formula is C24H28N6O2. The summed E-state index contributed by atoms with van der Waals surface area (Å²) in [6, 6.07) is 12.0. The van der Waals surface area contributed by atoms with Gasteiger partial charge in [0, 0.05) is 55.7 Å². The van der Waals surface area contributed by atoms with Crippen LogP contribution in [0, 0.1) is 6.92 Å². The van der Waals surface area contributed by atoms with E-state index in [2.05, 4.69) is 25.4 Å². The fourth-order valence-electron chi connectivity index (χ4n) is 4.37. The summed E-state index contributed by atoms with van der Waals surface area (Å²) in [6.07, 6.45) is 4.71. The summed E-state index contributed by atoms with van der Waals surface area (Å²) in [5.74, 6) is 1.04. The molecule has 32 heavy (non-hydrogen) atoms. The van der Waals surface area contributed by atoms with Crippen LogP contribution in [0.1, 0.15) is 46.9 Å². The smallest absolute Gasteiger partial charge is 0.269 e. The number of nitrogens with zero attached hydrogens (tertiary/aromatic N) is 4. The van der Waals surface area contributed by atoms with Gasteiger partial charge in [-0.05, 0) is 38.3 Å². The highest BCUT2D eigenvalue weighted by Crippen LogP contribution is 2.27. The van der Waals surface area contributed by atoms with Crippen LogP contribution >= 0.6 is 0 Å². The number of carbonyl (C=O) groups is 1. The largest absolute Gasteiger partial charge is 0.381 e. The van der Waals surface area contributed by atoms with Crippen molar-refractivity contribution in [2.45, 2.75) is 38.1 Å². The molecular weight excluding hydrogens is 404 g/mol. The van der Waals surface area contributed by atoms with E-state index in [1.807, 2.05) is 43.5 Å². The lowest BCUT2D eigenvalue weighted by atomic mass is 9.96. The first-order chi connectivity index (χ1) is 15.7. The number of hydrogen-bond acceptors (Lipinski definition) is 6. The zero-order chi connectivity index (χ0) is 21.9. The Morgan fingerprint density at radius 2 is 1.97 bits per heavy atom. The fourth-order valence-corrected chi connectivity index (χ4v) is 4.37. The molecule has 2 aliphatic heterocycles. The molecule has 5 rings (SSSR count). The molecule has 2 fully saturated rings. The van der Waals surface area contributed by atoms with Crippen molar-refractivity contribution in [3.8, 4) is 11.3 Å². The van der Waals surface area contributed by atoms with Gasteiger partial charge in [0.25, 0.3) is 5.91 Å². The molecule has 166 valence electrons. The summed E-state index contributed by atoms with van der Waals surface area (Å²) < 4.78 is 5.47. The second-order valence-corrected chi connectivity index (χ2v) is 8.61. The van der Waals surface area contributed by atoms with E-state index in [9.17, 15) is 4.79 Å². The maximum Gasteiger partial charge on any atom is 0.269 e. The first-order valence-corrected chi connectivity index (χ1v) is 11.2. The van der Waals surface area contributed by atoms with E-state index in [4.69, 9.17) is 9.72 Å². The van der Waals surface area contributed by atoms with Gasteiger partial charge in [-0.1, -0.05) is 29.8 Å². The molecule has 2 aromatic heterocycles. The minimum atomic E-state index is -0.139. The fraction of sp³-hybridized carbons (Fsp3) is 0.417. The highest BCUT2D eigenvalue weighted by molar-refractivity contribution is 5.93. The van der Waals surface area contributed by atoms with E-state index in [1.165, 1.54) is 5.56 Å². The first kappa shape index (κ1) is 20.6. The molecule has 4 heterocycles. The second-order valence-electron chi connectivity index (χ2n) is 8.61. The average molecular weight is 433 g/mol. The first-order valence-electron chi connectivity index (χ1n) is 11.2. The van der Waals surface area contributed by atoms with Crippen molar-refractivity contribution in [3.05, 3.63) is 59.5 Å². The lowest BCUT2D eigenvalue weighted by Gasteiger charge is -2.23. The predicted octanol–water partition coefficient (Wildman–Crippen LogP) is 3.08. The number of aromatic amines is 1. The van der Waals surface area contributed by atoms with Gasteiger partial charge in [0.15, 0.2) is 0 Å². The summed E-state index contributed by atoms with van der Waals surface area (Å²) in [6.45, 7) is 5.15.